The first-order valence-electron chi connectivity index (χ1n) is 7.16. The minimum atomic E-state index is 0.298. The van der Waals surface area contributed by atoms with Crippen LogP contribution in [0.3, 0.4) is 0 Å². The number of hydrogen-bond acceptors (Lipinski definition) is 2. The first-order valence-corrected chi connectivity index (χ1v) is 7.16. The van der Waals surface area contributed by atoms with Crippen LogP contribution >= 0.6 is 0 Å². The van der Waals surface area contributed by atoms with Crippen molar-refractivity contribution in [1.29, 1.82) is 0 Å². The van der Waals surface area contributed by atoms with Crippen LogP contribution in [0.4, 0.5) is 0 Å². The Kier molecular flexibility index (Phi) is 4.66. The Morgan fingerprint density at radius 2 is 1.81 bits per heavy atom. The van der Waals surface area contributed by atoms with Crippen LogP contribution in [0.15, 0.2) is 0 Å². The molecule has 94 valence electrons. The van der Waals surface area contributed by atoms with Gasteiger partial charge in [0, 0.05) is 12.6 Å². The molecule has 2 fully saturated rings. The largest absolute Gasteiger partial charge is 0.377 e. The summed E-state index contributed by atoms with van der Waals surface area (Å²) in [5.74, 6) is 1.85. The van der Waals surface area contributed by atoms with Crippen molar-refractivity contribution in [3.63, 3.8) is 0 Å². The van der Waals surface area contributed by atoms with Crippen molar-refractivity contribution >= 4 is 0 Å². The molecule has 3 unspecified atom stereocenters. The first kappa shape index (κ1) is 12.4. The van der Waals surface area contributed by atoms with Gasteiger partial charge in [-0.1, -0.05) is 32.6 Å². The Morgan fingerprint density at radius 3 is 2.50 bits per heavy atom. The van der Waals surface area contributed by atoms with E-state index in [0.29, 0.717) is 12.1 Å². The van der Waals surface area contributed by atoms with E-state index < -0.39 is 0 Å². The third-order valence-corrected chi connectivity index (χ3v) is 4.20. The Balaban J connectivity index is 1.67. The van der Waals surface area contributed by atoms with Crippen molar-refractivity contribution in [2.75, 3.05) is 6.61 Å². The molecule has 16 heavy (non-hydrogen) atoms. The van der Waals surface area contributed by atoms with Gasteiger partial charge in [-0.25, -0.2) is 0 Å². The van der Waals surface area contributed by atoms with Crippen molar-refractivity contribution in [3.05, 3.63) is 0 Å². The zero-order valence-electron chi connectivity index (χ0n) is 10.7. The second-order valence-corrected chi connectivity index (χ2v) is 5.77. The Bertz CT molecular complexity index is 203. The molecule has 0 spiro atoms. The molecule has 0 aromatic carbocycles. The lowest BCUT2D eigenvalue weighted by molar-refractivity contribution is -0.00398. The molecule has 0 amide bonds. The van der Waals surface area contributed by atoms with Gasteiger partial charge in [-0.15, -0.1) is 0 Å². The van der Waals surface area contributed by atoms with Crippen LogP contribution in [-0.2, 0) is 4.74 Å². The zero-order chi connectivity index (χ0) is 11.4. The molecule has 0 bridgehead atoms. The van der Waals surface area contributed by atoms with Gasteiger partial charge in [-0.3, -0.25) is 0 Å². The Morgan fingerprint density at radius 1 is 1.06 bits per heavy atom. The van der Waals surface area contributed by atoms with E-state index in [9.17, 15) is 0 Å². The lowest BCUT2D eigenvalue weighted by Gasteiger charge is -2.34. The number of rotatable bonds is 6. The van der Waals surface area contributed by atoms with Crippen LogP contribution in [0, 0.1) is 11.8 Å². The van der Waals surface area contributed by atoms with Crippen molar-refractivity contribution in [2.24, 2.45) is 17.6 Å². The van der Waals surface area contributed by atoms with E-state index in [2.05, 4.69) is 6.92 Å². The van der Waals surface area contributed by atoms with E-state index in [1.165, 1.54) is 51.4 Å². The summed E-state index contributed by atoms with van der Waals surface area (Å²) in [6, 6.07) is 0.298. The van der Waals surface area contributed by atoms with Crippen molar-refractivity contribution < 1.29 is 4.74 Å². The Labute approximate surface area is 99.9 Å². The second-order valence-electron chi connectivity index (χ2n) is 5.77. The summed E-state index contributed by atoms with van der Waals surface area (Å²) in [6.07, 6.45) is 10.8. The maximum absolute atomic E-state index is 6.14. The Hall–Kier alpha value is -0.0800. The molecule has 0 aliphatic heterocycles. The summed E-state index contributed by atoms with van der Waals surface area (Å²) >= 11 is 0. The molecule has 0 saturated heterocycles. The molecule has 0 aromatic rings. The van der Waals surface area contributed by atoms with E-state index >= 15 is 0 Å². The van der Waals surface area contributed by atoms with Gasteiger partial charge in [0.15, 0.2) is 0 Å². The lowest BCUT2D eigenvalue weighted by Crippen LogP contribution is -2.42. The van der Waals surface area contributed by atoms with Crippen LogP contribution in [-0.4, -0.2) is 18.8 Å². The fourth-order valence-electron chi connectivity index (χ4n) is 2.89. The predicted molar refractivity (Wildman–Crippen MR) is 67.3 cm³/mol. The van der Waals surface area contributed by atoms with Gasteiger partial charge in [0.1, 0.15) is 0 Å². The highest BCUT2D eigenvalue weighted by molar-refractivity contribution is 4.83. The smallest absolute Gasteiger partial charge is 0.0728 e. The first-order chi connectivity index (χ1) is 7.79. The molecular formula is C14H27NO. The van der Waals surface area contributed by atoms with Gasteiger partial charge < -0.3 is 10.5 Å². The van der Waals surface area contributed by atoms with E-state index in [1.54, 1.807) is 0 Å². The molecule has 2 aliphatic rings. The van der Waals surface area contributed by atoms with E-state index in [4.69, 9.17) is 10.5 Å². The third-order valence-electron chi connectivity index (χ3n) is 4.20. The summed E-state index contributed by atoms with van der Waals surface area (Å²) in [7, 11) is 0. The SMILES string of the molecule is CCCC1CCC(N)C(OCCC2CC2)C1. The molecule has 0 heterocycles. The van der Waals surface area contributed by atoms with Gasteiger partial charge >= 0.3 is 0 Å². The van der Waals surface area contributed by atoms with E-state index in [1.807, 2.05) is 0 Å². The average Bonchev–Trinajstić information content (AvgIpc) is 3.07. The highest BCUT2D eigenvalue weighted by Crippen LogP contribution is 2.33. The highest BCUT2D eigenvalue weighted by atomic mass is 16.5. The lowest BCUT2D eigenvalue weighted by atomic mass is 9.82. The van der Waals surface area contributed by atoms with Crippen molar-refractivity contribution in [2.45, 2.75) is 70.4 Å². The summed E-state index contributed by atoms with van der Waals surface area (Å²) in [5.41, 5.74) is 6.14. The predicted octanol–water partition coefficient (Wildman–Crippen LogP) is 3.10. The highest BCUT2D eigenvalue weighted by Gasteiger charge is 2.29. The van der Waals surface area contributed by atoms with Crippen LogP contribution in [0.5, 0.6) is 0 Å². The van der Waals surface area contributed by atoms with Crippen molar-refractivity contribution in [1.82, 2.24) is 0 Å². The third kappa shape index (κ3) is 3.74. The molecule has 2 rings (SSSR count). The summed E-state index contributed by atoms with van der Waals surface area (Å²) < 4.78 is 6.00. The minimum absolute atomic E-state index is 0.298. The minimum Gasteiger partial charge on any atom is -0.377 e. The molecule has 0 aromatic heterocycles. The van der Waals surface area contributed by atoms with Gasteiger partial charge in [0.25, 0.3) is 0 Å². The topological polar surface area (TPSA) is 35.2 Å². The van der Waals surface area contributed by atoms with Crippen LogP contribution in [0.2, 0.25) is 0 Å². The standard InChI is InChI=1S/C14H27NO/c1-2-3-12-6-7-13(15)14(10-12)16-9-8-11-4-5-11/h11-14H,2-10,15H2,1H3. The summed E-state index contributed by atoms with van der Waals surface area (Å²) in [4.78, 5) is 0. The van der Waals surface area contributed by atoms with E-state index in [-0.39, 0.29) is 0 Å². The van der Waals surface area contributed by atoms with Crippen LogP contribution in [0.25, 0.3) is 0 Å². The molecule has 2 saturated carbocycles. The molecule has 2 aliphatic carbocycles. The molecule has 2 nitrogen and oxygen atoms in total. The van der Waals surface area contributed by atoms with Gasteiger partial charge in [0.05, 0.1) is 6.10 Å². The van der Waals surface area contributed by atoms with Crippen LogP contribution < -0.4 is 5.73 Å². The molecule has 3 atom stereocenters. The zero-order valence-corrected chi connectivity index (χ0v) is 10.7. The number of ether oxygens (including phenoxy) is 1. The second kappa shape index (κ2) is 6.02. The quantitative estimate of drug-likeness (QED) is 0.754. The summed E-state index contributed by atoms with van der Waals surface area (Å²) in [5, 5.41) is 0. The van der Waals surface area contributed by atoms with Crippen molar-refractivity contribution in [3.8, 4) is 0 Å². The van der Waals surface area contributed by atoms with Gasteiger partial charge in [-0.2, -0.15) is 0 Å². The fourth-order valence-corrected chi connectivity index (χ4v) is 2.89. The average molecular weight is 225 g/mol. The molecule has 2 heteroatoms. The monoisotopic (exact) mass is 225 g/mol. The van der Waals surface area contributed by atoms with Gasteiger partial charge in [-0.05, 0) is 37.5 Å². The maximum atomic E-state index is 6.14. The molecule has 2 N–H and O–H groups in total. The van der Waals surface area contributed by atoms with Gasteiger partial charge in [0.2, 0.25) is 0 Å². The maximum Gasteiger partial charge on any atom is 0.0728 e. The normalized spacial score (nSPS) is 35.2. The molecular weight excluding hydrogens is 198 g/mol. The number of nitrogens with two attached hydrogens (primary N) is 1. The van der Waals surface area contributed by atoms with Crippen LogP contribution in [0.1, 0.15) is 58.3 Å². The molecule has 0 radical (unpaired) electrons. The van der Waals surface area contributed by atoms with E-state index in [0.717, 1.165) is 18.4 Å². The number of hydrogen-bond donors (Lipinski definition) is 1. The fraction of sp³-hybridized carbons (Fsp3) is 1.00. The summed E-state index contributed by atoms with van der Waals surface area (Å²) in [6.45, 7) is 3.22.